The molecule has 0 fully saturated rings. The van der Waals surface area contributed by atoms with Crippen molar-refractivity contribution in [1.82, 2.24) is 0 Å². The van der Waals surface area contributed by atoms with Gasteiger partial charge in [0.2, 0.25) is 0 Å². The molecular weight excluding hydrogens is 291 g/mol. The molecule has 0 amide bonds. The van der Waals surface area contributed by atoms with E-state index in [0.717, 1.165) is 0 Å². The summed E-state index contributed by atoms with van der Waals surface area (Å²) in [4.78, 5) is 0.262. The Morgan fingerprint density at radius 2 is 2.10 bits per heavy atom. The number of nitrogens with two attached hydrogens (primary N) is 1. The summed E-state index contributed by atoms with van der Waals surface area (Å²) < 4.78 is 30.6. The molecule has 2 aromatic carbocycles. The van der Waals surface area contributed by atoms with E-state index in [1.54, 1.807) is 18.2 Å². The molecule has 0 aliphatic carbocycles. The molecule has 0 heterocycles. The lowest BCUT2D eigenvalue weighted by Gasteiger charge is -2.08. The molecule has 1 atom stereocenters. The SMILES string of the molecule is COc1cc(CS(=O)c2cc(F)ccc2N)ccc1C#N. The van der Waals surface area contributed by atoms with Crippen molar-refractivity contribution in [3.8, 4) is 11.8 Å². The monoisotopic (exact) mass is 304 g/mol. The van der Waals surface area contributed by atoms with Crippen molar-refractivity contribution >= 4 is 16.5 Å². The van der Waals surface area contributed by atoms with E-state index >= 15 is 0 Å². The number of benzene rings is 2. The highest BCUT2D eigenvalue weighted by Gasteiger charge is 2.12. The van der Waals surface area contributed by atoms with E-state index in [-0.39, 0.29) is 16.3 Å². The van der Waals surface area contributed by atoms with Crippen molar-refractivity contribution in [2.24, 2.45) is 0 Å². The second-order valence-electron chi connectivity index (χ2n) is 4.32. The predicted molar refractivity (Wildman–Crippen MR) is 78.6 cm³/mol. The topological polar surface area (TPSA) is 76.1 Å². The van der Waals surface area contributed by atoms with E-state index in [2.05, 4.69) is 0 Å². The molecule has 0 saturated carbocycles. The lowest BCUT2D eigenvalue weighted by Crippen LogP contribution is -2.02. The first-order chi connectivity index (χ1) is 10.0. The van der Waals surface area contributed by atoms with Crippen LogP contribution in [0, 0.1) is 17.1 Å². The van der Waals surface area contributed by atoms with Crippen molar-refractivity contribution in [2.45, 2.75) is 10.6 Å². The van der Waals surface area contributed by atoms with Gasteiger partial charge in [0.15, 0.2) is 0 Å². The van der Waals surface area contributed by atoms with Crippen LogP contribution in [0.2, 0.25) is 0 Å². The van der Waals surface area contributed by atoms with E-state index in [1.807, 2.05) is 6.07 Å². The number of anilines is 1. The zero-order chi connectivity index (χ0) is 15.4. The van der Waals surface area contributed by atoms with E-state index < -0.39 is 16.6 Å². The Kier molecular flexibility index (Phi) is 4.55. The van der Waals surface area contributed by atoms with Gasteiger partial charge in [0.25, 0.3) is 0 Å². The van der Waals surface area contributed by atoms with E-state index in [0.29, 0.717) is 16.9 Å². The van der Waals surface area contributed by atoms with Crippen molar-refractivity contribution in [1.29, 1.82) is 5.26 Å². The molecule has 2 aromatic rings. The number of nitrogen functional groups attached to an aromatic ring is 1. The molecule has 0 aromatic heterocycles. The summed E-state index contributed by atoms with van der Waals surface area (Å²) in [6, 6.07) is 10.7. The highest BCUT2D eigenvalue weighted by Crippen LogP contribution is 2.24. The molecule has 2 N–H and O–H groups in total. The van der Waals surface area contributed by atoms with Crippen LogP contribution in [0.15, 0.2) is 41.3 Å². The largest absolute Gasteiger partial charge is 0.495 e. The number of nitrogens with zero attached hydrogens (tertiary/aromatic N) is 1. The highest BCUT2D eigenvalue weighted by molar-refractivity contribution is 7.84. The maximum absolute atomic E-state index is 13.2. The standard InChI is InChI=1S/C15H13FN2O2S/c1-20-14-6-10(2-3-11(14)8-17)9-21(19)15-7-12(16)4-5-13(15)18/h2-7H,9,18H2,1H3. The summed E-state index contributed by atoms with van der Waals surface area (Å²) in [5, 5.41) is 8.92. The average Bonchev–Trinajstić information content (AvgIpc) is 2.49. The first-order valence-corrected chi connectivity index (χ1v) is 7.37. The van der Waals surface area contributed by atoms with Crippen LogP contribution in [0.5, 0.6) is 5.75 Å². The summed E-state index contributed by atoms with van der Waals surface area (Å²) in [6.45, 7) is 0. The maximum atomic E-state index is 13.2. The molecule has 108 valence electrons. The quantitative estimate of drug-likeness (QED) is 0.881. The molecule has 4 nitrogen and oxygen atoms in total. The Labute approximate surface area is 124 Å². The molecular formula is C15H13FN2O2S. The van der Waals surface area contributed by atoms with Crippen molar-refractivity contribution < 1.29 is 13.3 Å². The Morgan fingerprint density at radius 1 is 1.33 bits per heavy atom. The van der Waals surface area contributed by atoms with Crippen LogP contribution in [0.25, 0.3) is 0 Å². The molecule has 0 bridgehead atoms. The fourth-order valence-corrected chi connectivity index (χ4v) is 3.07. The lowest BCUT2D eigenvalue weighted by molar-refractivity contribution is 0.413. The summed E-state index contributed by atoms with van der Waals surface area (Å²) in [6.07, 6.45) is 0. The van der Waals surface area contributed by atoms with Gasteiger partial charge in [0.05, 0.1) is 34.1 Å². The summed E-state index contributed by atoms with van der Waals surface area (Å²) >= 11 is 0. The number of nitriles is 1. The van der Waals surface area contributed by atoms with Gasteiger partial charge < -0.3 is 10.5 Å². The van der Waals surface area contributed by atoms with Crippen LogP contribution in [-0.2, 0) is 16.6 Å². The van der Waals surface area contributed by atoms with Gasteiger partial charge in [-0.2, -0.15) is 5.26 Å². The third kappa shape index (κ3) is 3.38. The summed E-state index contributed by atoms with van der Waals surface area (Å²) in [7, 11) is -0.0187. The molecule has 2 rings (SSSR count). The van der Waals surface area contributed by atoms with Gasteiger partial charge in [-0.05, 0) is 35.9 Å². The van der Waals surface area contributed by atoms with Crippen molar-refractivity contribution in [2.75, 3.05) is 12.8 Å². The van der Waals surface area contributed by atoms with Gasteiger partial charge >= 0.3 is 0 Å². The van der Waals surface area contributed by atoms with Gasteiger partial charge in [0, 0.05) is 5.69 Å². The number of methoxy groups -OCH3 is 1. The Bertz CT molecular complexity index is 741. The van der Waals surface area contributed by atoms with Gasteiger partial charge in [0.1, 0.15) is 17.6 Å². The first-order valence-electron chi connectivity index (χ1n) is 6.05. The van der Waals surface area contributed by atoms with Gasteiger partial charge in [-0.1, -0.05) is 6.07 Å². The van der Waals surface area contributed by atoms with Crippen LogP contribution < -0.4 is 10.5 Å². The fourth-order valence-electron chi connectivity index (χ4n) is 1.85. The van der Waals surface area contributed by atoms with Gasteiger partial charge in [-0.3, -0.25) is 4.21 Å². The Balaban J connectivity index is 2.28. The number of hydrogen-bond acceptors (Lipinski definition) is 4. The van der Waals surface area contributed by atoms with Gasteiger partial charge in [-0.15, -0.1) is 0 Å². The molecule has 0 aliphatic heterocycles. The van der Waals surface area contributed by atoms with Crippen LogP contribution in [-0.4, -0.2) is 11.3 Å². The number of rotatable bonds is 4. The molecule has 1 unspecified atom stereocenters. The Hall–Kier alpha value is -2.39. The molecule has 0 saturated heterocycles. The Morgan fingerprint density at radius 3 is 2.76 bits per heavy atom. The van der Waals surface area contributed by atoms with Crippen molar-refractivity contribution in [3.63, 3.8) is 0 Å². The average molecular weight is 304 g/mol. The van der Waals surface area contributed by atoms with E-state index in [1.165, 1.54) is 25.3 Å². The third-order valence-electron chi connectivity index (χ3n) is 2.91. The smallest absolute Gasteiger partial charge is 0.136 e. The number of halogens is 1. The molecule has 21 heavy (non-hydrogen) atoms. The molecule has 0 spiro atoms. The molecule has 6 heteroatoms. The predicted octanol–water partition coefficient (Wildman–Crippen LogP) is 2.60. The van der Waals surface area contributed by atoms with Crippen LogP contribution in [0.3, 0.4) is 0 Å². The lowest BCUT2D eigenvalue weighted by atomic mass is 10.1. The molecule has 0 aliphatic rings. The van der Waals surface area contributed by atoms with Crippen LogP contribution in [0.4, 0.5) is 10.1 Å². The normalized spacial score (nSPS) is 11.7. The number of ether oxygens (including phenoxy) is 1. The summed E-state index contributed by atoms with van der Waals surface area (Å²) in [5.74, 6) is 0.0968. The zero-order valence-corrected chi connectivity index (χ0v) is 12.1. The van der Waals surface area contributed by atoms with E-state index in [4.69, 9.17) is 15.7 Å². The van der Waals surface area contributed by atoms with Crippen molar-refractivity contribution in [3.05, 3.63) is 53.3 Å². The fraction of sp³-hybridized carbons (Fsp3) is 0.133. The highest BCUT2D eigenvalue weighted by atomic mass is 32.2. The first kappa shape index (κ1) is 15.0. The minimum atomic E-state index is -1.48. The van der Waals surface area contributed by atoms with Crippen LogP contribution in [0.1, 0.15) is 11.1 Å². The second kappa shape index (κ2) is 6.37. The second-order valence-corrected chi connectivity index (χ2v) is 5.74. The third-order valence-corrected chi connectivity index (χ3v) is 4.34. The molecule has 0 radical (unpaired) electrons. The summed E-state index contributed by atoms with van der Waals surface area (Å²) in [5.41, 5.74) is 7.12. The van der Waals surface area contributed by atoms with E-state index in [9.17, 15) is 8.60 Å². The zero-order valence-electron chi connectivity index (χ0n) is 11.3. The van der Waals surface area contributed by atoms with Gasteiger partial charge in [-0.25, -0.2) is 4.39 Å². The number of hydrogen-bond donors (Lipinski definition) is 1. The van der Waals surface area contributed by atoms with Crippen LogP contribution >= 0.6 is 0 Å². The maximum Gasteiger partial charge on any atom is 0.136 e. The minimum absolute atomic E-state index is 0.162. The minimum Gasteiger partial charge on any atom is -0.495 e.